The lowest BCUT2D eigenvalue weighted by Gasteiger charge is -2.12. The van der Waals surface area contributed by atoms with Crippen LogP contribution in [-0.2, 0) is 6.54 Å². The van der Waals surface area contributed by atoms with Crippen LogP contribution in [0.5, 0.6) is 0 Å². The number of rotatable bonds is 5. The van der Waals surface area contributed by atoms with E-state index in [0.29, 0.717) is 13.1 Å². The molecule has 102 valence electrons. The van der Waals surface area contributed by atoms with E-state index in [2.05, 4.69) is 17.4 Å². The highest BCUT2D eigenvalue weighted by molar-refractivity contribution is 5.83. The molecule has 0 saturated heterocycles. The number of nitrogens with one attached hydrogen (secondary N) is 1. The first kappa shape index (κ1) is 12.9. The summed E-state index contributed by atoms with van der Waals surface area (Å²) in [5, 5.41) is 15.7. The summed E-state index contributed by atoms with van der Waals surface area (Å²) in [6.45, 7) is 1.12. The lowest BCUT2D eigenvalue weighted by atomic mass is 10.0. The molecule has 0 aliphatic carbocycles. The normalized spacial score (nSPS) is 12.7. The molecule has 20 heavy (non-hydrogen) atoms. The van der Waals surface area contributed by atoms with Gasteiger partial charge in [-0.15, -0.1) is 0 Å². The first-order valence-corrected chi connectivity index (χ1v) is 6.73. The molecule has 1 heterocycles. The standard InChI is InChI=1S/C17H17NO2/c19-17(12-18-11-16-6-3-9-20-16)15-8-7-13-4-1-2-5-14(13)10-15/h1-10,17-19H,11-12H2. The second kappa shape index (κ2) is 5.90. The van der Waals surface area contributed by atoms with E-state index in [1.54, 1.807) is 6.26 Å². The molecule has 2 N–H and O–H groups in total. The topological polar surface area (TPSA) is 45.4 Å². The van der Waals surface area contributed by atoms with Crippen molar-refractivity contribution in [3.8, 4) is 0 Å². The monoisotopic (exact) mass is 267 g/mol. The van der Waals surface area contributed by atoms with E-state index < -0.39 is 6.10 Å². The van der Waals surface area contributed by atoms with Crippen molar-refractivity contribution in [3.05, 3.63) is 72.2 Å². The minimum Gasteiger partial charge on any atom is -0.468 e. The molecule has 0 radical (unpaired) electrons. The predicted molar refractivity (Wildman–Crippen MR) is 79.3 cm³/mol. The summed E-state index contributed by atoms with van der Waals surface area (Å²) in [7, 11) is 0. The number of benzene rings is 2. The molecule has 3 aromatic rings. The summed E-state index contributed by atoms with van der Waals surface area (Å²) in [5.74, 6) is 0.871. The maximum atomic E-state index is 10.2. The fourth-order valence-corrected chi connectivity index (χ4v) is 2.28. The highest BCUT2D eigenvalue weighted by Crippen LogP contribution is 2.20. The highest BCUT2D eigenvalue weighted by Gasteiger charge is 2.08. The maximum Gasteiger partial charge on any atom is 0.117 e. The van der Waals surface area contributed by atoms with Crippen LogP contribution < -0.4 is 5.32 Å². The van der Waals surface area contributed by atoms with E-state index in [4.69, 9.17) is 4.42 Å². The Bertz CT molecular complexity index is 676. The van der Waals surface area contributed by atoms with Gasteiger partial charge in [0, 0.05) is 6.54 Å². The van der Waals surface area contributed by atoms with Crippen molar-refractivity contribution in [1.29, 1.82) is 0 Å². The first-order chi connectivity index (χ1) is 9.83. The molecule has 0 bridgehead atoms. The van der Waals surface area contributed by atoms with Crippen molar-refractivity contribution in [2.24, 2.45) is 0 Å². The first-order valence-electron chi connectivity index (χ1n) is 6.73. The van der Waals surface area contributed by atoms with Crippen LogP contribution in [0.25, 0.3) is 10.8 Å². The zero-order valence-corrected chi connectivity index (χ0v) is 11.1. The van der Waals surface area contributed by atoms with E-state index in [9.17, 15) is 5.11 Å². The molecule has 0 saturated carbocycles. The van der Waals surface area contributed by atoms with Gasteiger partial charge < -0.3 is 14.8 Å². The smallest absolute Gasteiger partial charge is 0.117 e. The number of aliphatic hydroxyl groups is 1. The van der Waals surface area contributed by atoms with Crippen molar-refractivity contribution in [2.75, 3.05) is 6.54 Å². The summed E-state index contributed by atoms with van der Waals surface area (Å²) in [6, 6.07) is 18.0. The average Bonchev–Trinajstić information content (AvgIpc) is 3.00. The zero-order chi connectivity index (χ0) is 13.8. The summed E-state index contributed by atoms with van der Waals surface area (Å²) in [4.78, 5) is 0. The third-order valence-corrected chi connectivity index (χ3v) is 3.38. The quantitative estimate of drug-likeness (QED) is 0.746. The van der Waals surface area contributed by atoms with Gasteiger partial charge in [-0.05, 0) is 34.5 Å². The second-order valence-corrected chi connectivity index (χ2v) is 4.83. The summed E-state index contributed by atoms with van der Waals surface area (Å²) in [5.41, 5.74) is 0.927. The molecule has 1 atom stereocenters. The van der Waals surface area contributed by atoms with E-state index in [0.717, 1.165) is 16.7 Å². The van der Waals surface area contributed by atoms with E-state index >= 15 is 0 Å². The third kappa shape index (κ3) is 2.90. The van der Waals surface area contributed by atoms with Crippen LogP contribution in [0, 0.1) is 0 Å². The number of fused-ring (bicyclic) bond motifs is 1. The minimum atomic E-state index is -0.519. The molecule has 0 amide bonds. The van der Waals surface area contributed by atoms with Gasteiger partial charge in [-0.25, -0.2) is 0 Å². The van der Waals surface area contributed by atoms with Gasteiger partial charge in [-0.2, -0.15) is 0 Å². The van der Waals surface area contributed by atoms with Gasteiger partial charge in [0.1, 0.15) is 5.76 Å². The fraction of sp³-hybridized carbons (Fsp3) is 0.176. The van der Waals surface area contributed by atoms with Gasteiger partial charge in [0.2, 0.25) is 0 Å². The molecule has 1 aromatic heterocycles. The van der Waals surface area contributed by atoms with Gasteiger partial charge in [0.05, 0.1) is 18.9 Å². The molecule has 0 aliphatic heterocycles. The van der Waals surface area contributed by atoms with Gasteiger partial charge in [0.15, 0.2) is 0 Å². The van der Waals surface area contributed by atoms with Gasteiger partial charge in [-0.3, -0.25) is 0 Å². The number of aliphatic hydroxyl groups excluding tert-OH is 1. The Morgan fingerprint density at radius 3 is 2.65 bits per heavy atom. The molecule has 0 fully saturated rings. The van der Waals surface area contributed by atoms with Crippen LogP contribution >= 0.6 is 0 Å². The lowest BCUT2D eigenvalue weighted by Crippen LogP contribution is -2.20. The van der Waals surface area contributed by atoms with Crippen LogP contribution in [0.15, 0.2) is 65.3 Å². The van der Waals surface area contributed by atoms with Crippen molar-refractivity contribution in [3.63, 3.8) is 0 Å². The van der Waals surface area contributed by atoms with Crippen molar-refractivity contribution < 1.29 is 9.52 Å². The number of hydrogen-bond donors (Lipinski definition) is 2. The van der Waals surface area contributed by atoms with Crippen LogP contribution in [0.2, 0.25) is 0 Å². The molecule has 3 rings (SSSR count). The molecular weight excluding hydrogens is 250 g/mol. The Morgan fingerprint density at radius 2 is 1.85 bits per heavy atom. The Kier molecular flexibility index (Phi) is 3.81. The molecule has 2 aromatic carbocycles. The van der Waals surface area contributed by atoms with Crippen LogP contribution in [0.4, 0.5) is 0 Å². The summed E-state index contributed by atoms with van der Waals surface area (Å²) < 4.78 is 5.23. The SMILES string of the molecule is OC(CNCc1ccco1)c1ccc2ccccc2c1. The third-order valence-electron chi connectivity index (χ3n) is 3.38. The van der Waals surface area contributed by atoms with Crippen LogP contribution in [0.3, 0.4) is 0 Å². The Morgan fingerprint density at radius 1 is 1.00 bits per heavy atom. The van der Waals surface area contributed by atoms with Gasteiger partial charge in [0.25, 0.3) is 0 Å². The lowest BCUT2D eigenvalue weighted by molar-refractivity contribution is 0.173. The molecule has 3 heteroatoms. The Labute approximate surface area is 117 Å². The maximum absolute atomic E-state index is 10.2. The largest absolute Gasteiger partial charge is 0.468 e. The van der Waals surface area contributed by atoms with E-state index in [1.807, 2.05) is 42.5 Å². The van der Waals surface area contributed by atoms with Crippen molar-refractivity contribution >= 4 is 10.8 Å². The van der Waals surface area contributed by atoms with E-state index in [-0.39, 0.29) is 0 Å². The summed E-state index contributed by atoms with van der Waals surface area (Å²) >= 11 is 0. The molecule has 0 spiro atoms. The highest BCUT2D eigenvalue weighted by atomic mass is 16.3. The fourth-order valence-electron chi connectivity index (χ4n) is 2.28. The number of furan rings is 1. The molecule has 3 nitrogen and oxygen atoms in total. The second-order valence-electron chi connectivity index (χ2n) is 4.83. The minimum absolute atomic E-state index is 0.499. The van der Waals surface area contributed by atoms with E-state index in [1.165, 1.54) is 5.39 Å². The van der Waals surface area contributed by atoms with Gasteiger partial charge in [-0.1, -0.05) is 36.4 Å². The average molecular weight is 267 g/mol. The van der Waals surface area contributed by atoms with Crippen LogP contribution in [0.1, 0.15) is 17.4 Å². The summed E-state index contributed by atoms with van der Waals surface area (Å²) in [6.07, 6.45) is 1.13. The van der Waals surface area contributed by atoms with Gasteiger partial charge >= 0.3 is 0 Å². The Balaban J connectivity index is 1.64. The zero-order valence-electron chi connectivity index (χ0n) is 11.1. The van der Waals surface area contributed by atoms with Crippen LogP contribution in [-0.4, -0.2) is 11.7 Å². The molecular formula is C17H17NO2. The van der Waals surface area contributed by atoms with Crippen molar-refractivity contribution in [2.45, 2.75) is 12.6 Å². The molecule has 0 aliphatic rings. The number of hydrogen-bond acceptors (Lipinski definition) is 3. The molecule has 1 unspecified atom stereocenters. The Hall–Kier alpha value is -2.10. The predicted octanol–water partition coefficient (Wildman–Crippen LogP) is 3.26. The van der Waals surface area contributed by atoms with Crippen molar-refractivity contribution in [1.82, 2.24) is 5.32 Å².